The van der Waals surface area contributed by atoms with E-state index in [0.717, 1.165) is 39.6 Å². The molecule has 156 valence electrons. The van der Waals surface area contributed by atoms with Crippen LogP contribution in [0.5, 0.6) is 0 Å². The van der Waals surface area contributed by atoms with Crippen LogP contribution in [0.15, 0.2) is 23.3 Å². The van der Waals surface area contributed by atoms with Gasteiger partial charge in [0.15, 0.2) is 0 Å². The van der Waals surface area contributed by atoms with Crippen molar-refractivity contribution >= 4 is 10.9 Å². The summed E-state index contributed by atoms with van der Waals surface area (Å²) in [4.78, 5) is 0. The van der Waals surface area contributed by atoms with Gasteiger partial charge in [-0.2, -0.15) is 0 Å². The van der Waals surface area contributed by atoms with Crippen molar-refractivity contribution in [2.75, 3.05) is 12.3 Å². The molecule has 0 heterocycles. The van der Waals surface area contributed by atoms with E-state index in [-0.39, 0.29) is 0 Å². The minimum absolute atomic E-state index is 0.883. The van der Waals surface area contributed by atoms with Crippen molar-refractivity contribution in [1.82, 2.24) is 0 Å². The van der Waals surface area contributed by atoms with Crippen LogP contribution in [-0.2, 0) is 17.0 Å². The van der Waals surface area contributed by atoms with Crippen molar-refractivity contribution < 1.29 is 17.0 Å². The van der Waals surface area contributed by atoms with Gasteiger partial charge in [-0.15, -0.1) is 0 Å². The summed E-state index contributed by atoms with van der Waals surface area (Å²) >= 11 is 0.999. The van der Waals surface area contributed by atoms with Crippen LogP contribution < -0.4 is 0 Å². The van der Waals surface area contributed by atoms with Crippen LogP contribution in [0.1, 0.15) is 83.1 Å². The zero-order valence-corrected chi connectivity index (χ0v) is 22.7. The van der Waals surface area contributed by atoms with E-state index in [1.54, 1.807) is 0 Å². The molecule has 0 aliphatic carbocycles. The molecule has 0 aliphatic heterocycles. The third kappa shape index (κ3) is 7.15. The number of hydrogen-bond donors (Lipinski definition) is 0. The second-order valence-corrected chi connectivity index (χ2v) is 31.1. The van der Waals surface area contributed by atoms with E-state index < -0.39 is 10.9 Å². The number of rotatable bonds is 10. The predicted molar refractivity (Wildman–Crippen MR) is 126 cm³/mol. The molecule has 0 saturated heterocycles. The normalized spacial score (nSPS) is 14.6. The van der Waals surface area contributed by atoms with E-state index in [2.05, 4.69) is 95.2 Å². The van der Waals surface area contributed by atoms with Gasteiger partial charge in [-0.05, 0) is 0 Å². The summed E-state index contributed by atoms with van der Waals surface area (Å²) in [7, 11) is 0. The first-order valence-corrected chi connectivity index (χ1v) is 19.2. The van der Waals surface area contributed by atoms with Crippen molar-refractivity contribution in [1.29, 1.82) is 0 Å². The Hall–Kier alpha value is 1.00. The molecule has 0 saturated carbocycles. The van der Waals surface area contributed by atoms with Crippen LogP contribution >= 0.6 is 10.9 Å². The quantitative estimate of drug-likeness (QED) is 0.169. The molecule has 25 heavy (non-hydrogen) atoms. The summed E-state index contributed by atoms with van der Waals surface area (Å²) in [6.45, 7) is 29.5. The topological polar surface area (TPSA) is 0 Å². The second kappa shape index (κ2) is 11.1. The van der Waals surface area contributed by atoms with E-state index in [1.807, 2.05) is 0 Å². The van der Waals surface area contributed by atoms with Crippen LogP contribution in [0.2, 0.25) is 0 Å². The monoisotopic (exact) mass is 480 g/mol. The van der Waals surface area contributed by atoms with E-state index in [0.29, 0.717) is 0 Å². The van der Waals surface area contributed by atoms with Gasteiger partial charge in [0, 0.05) is 0 Å². The Morgan fingerprint density at radius 1 is 0.600 bits per heavy atom. The molecule has 0 aromatic heterocycles. The molecule has 0 atom stereocenters. The molecule has 0 unspecified atom stereocenters. The first-order chi connectivity index (χ1) is 11.3. The summed E-state index contributed by atoms with van der Waals surface area (Å²) < 4.78 is 0. The zero-order chi connectivity index (χ0) is 20.0. The van der Waals surface area contributed by atoms with E-state index >= 15 is 0 Å². The minimum atomic E-state index is -1.34. The van der Waals surface area contributed by atoms with Gasteiger partial charge in [-0.3, -0.25) is 0 Å². The van der Waals surface area contributed by atoms with Crippen molar-refractivity contribution in [2.45, 2.75) is 106 Å². The molecule has 0 aromatic carbocycles. The molecule has 0 rings (SSSR count). The summed E-state index contributed by atoms with van der Waals surface area (Å²) in [6.07, 6.45) is 7.99. The molecule has 0 nitrogen and oxygen atoms in total. The molecular formula is C22H48P2Pd. The van der Waals surface area contributed by atoms with Gasteiger partial charge in [0.2, 0.25) is 0 Å². The van der Waals surface area contributed by atoms with Crippen LogP contribution in [0.4, 0.5) is 0 Å². The van der Waals surface area contributed by atoms with Crippen LogP contribution in [-0.4, -0.2) is 35.0 Å². The molecular weight excluding hydrogens is 433 g/mol. The van der Waals surface area contributed by atoms with Gasteiger partial charge in [0.25, 0.3) is 0 Å². The van der Waals surface area contributed by atoms with Crippen molar-refractivity contribution in [2.24, 2.45) is 0 Å². The molecule has 0 aromatic rings. The van der Waals surface area contributed by atoms with Crippen LogP contribution in [0, 0.1) is 0 Å². The van der Waals surface area contributed by atoms with E-state index in [1.165, 1.54) is 23.5 Å². The summed E-state index contributed by atoms with van der Waals surface area (Å²) in [5.41, 5.74) is 3.87. The van der Waals surface area contributed by atoms with Crippen molar-refractivity contribution in [3.63, 3.8) is 0 Å². The average molecular weight is 481 g/mol. The molecule has 0 amide bonds. The predicted octanol–water partition coefficient (Wildman–Crippen LogP) is 7.96. The average Bonchev–Trinajstić information content (AvgIpc) is 2.45. The fourth-order valence-electron chi connectivity index (χ4n) is 3.69. The van der Waals surface area contributed by atoms with Crippen LogP contribution in [0.25, 0.3) is 0 Å². The first-order valence-electron chi connectivity index (χ1n) is 10.2. The van der Waals surface area contributed by atoms with Gasteiger partial charge < -0.3 is 0 Å². The Balaban J connectivity index is 6.20. The molecule has 0 aliphatic rings. The Morgan fingerprint density at radius 2 is 0.840 bits per heavy atom. The SMILES string of the molecule is CC(C)=CC[PH]([Pd][PH](CC=C(C)C)(C(C)C)C(C)C)(C(C)C)C(C)C. The maximum absolute atomic E-state index is 2.59. The Bertz CT molecular complexity index is 393. The fourth-order valence-corrected chi connectivity index (χ4v) is 47.4. The molecule has 0 spiro atoms. The van der Waals surface area contributed by atoms with Gasteiger partial charge >= 0.3 is 169 Å². The standard InChI is InChI=1S/2C11H23P.Pd/c2*1-9(2)7-8-12(10(3)4)11(5)6;/h2*7,10-11H,8H2,1-6H3;/q;;-2/p+2. The zero-order valence-electron chi connectivity index (χ0n) is 19.2. The molecule has 0 fully saturated rings. The Labute approximate surface area is 168 Å². The molecule has 0 radical (unpaired) electrons. The fraction of sp³-hybridized carbons (Fsp3) is 0.818. The Morgan fingerprint density at radius 3 is 1.00 bits per heavy atom. The van der Waals surface area contributed by atoms with E-state index in [4.69, 9.17) is 0 Å². The van der Waals surface area contributed by atoms with Crippen molar-refractivity contribution in [3.8, 4) is 0 Å². The molecule has 0 bridgehead atoms. The second-order valence-electron chi connectivity index (χ2n) is 9.41. The summed E-state index contributed by atoms with van der Waals surface area (Å²) in [6, 6.07) is 0. The maximum atomic E-state index is 2.59. The third-order valence-electron chi connectivity index (χ3n) is 5.61. The molecule has 0 N–H and O–H groups in total. The van der Waals surface area contributed by atoms with Gasteiger partial charge in [0.1, 0.15) is 0 Å². The van der Waals surface area contributed by atoms with E-state index in [9.17, 15) is 0 Å². The van der Waals surface area contributed by atoms with Crippen LogP contribution in [0.3, 0.4) is 0 Å². The van der Waals surface area contributed by atoms with Gasteiger partial charge in [-0.1, -0.05) is 0 Å². The van der Waals surface area contributed by atoms with Gasteiger partial charge in [0.05, 0.1) is 0 Å². The van der Waals surface area contributed by atoms with Crippen molar-refractivity contribution in [3.05, 3.63) is 23.3 Å². The third-order valence-corrected chi connectivity index (χ3v) is 42.7. The van der Waals surface area contributed by atoms with Gasteiger partial charge in [-0.25, -0.2) is 0 Å². The number of allylic oxidation sites excluding steroid dienone is 4. The summed E-state index contributed by atoms with van der Waals surface area (Å²) in [5, 5.41) is 0. The molecule has 3 heteroatoms. The first kappa shape index (κ1) is 26.0. The summed E-state index contributed by atoms with van der Waals surface area (Å²) in [5.74, 6) is 0. The Kier molecular flexibility index (Phi) is 11.6. The number of hydrogen-bond acceptors (Lipinski definition) is 0.